The summed E-state index contributed by atoms with van der Waals surface area (Å²) in [5, 5.41) is 0. The molecule has 1 aromatic carbocycles. The summed E-state index contributed by atoms with van der Waals surface area (Å²) in [5.41, 5.74) is 10.0. The Labute approximate surface area is 111 Å². The number of hydrogen-bond donors (Lipinski definition) is 1. The van der Waals surface area contributed by atoms with Crippen LogP contribution in [0.15, 0.2) is 30.3 Å². The number of halogens is 1. The minimum atomic E-state index is 0.0466. The van der Waals surface area contributed by atoms with Gasteiger partial charge in [-0.3, -0.25) is 0 Å². The van der Waals surface area contributed by atoms with Crippen LogP contribution in [-0.2, 0) is 6.42 Å². The van der Waals surface area contributed by atoms with E-state index in [0.717, 1.165) is 10.8 Å². The topological polar surface area (TPSA) is 26.0 Å². The molecule has 0 fully saturated rings. The van der Waals surface area contributed by atoms with E-state index in [1.165, 1.54) is 21.6 Å². The quantitative estimate of drug-likeness (QED) is 0.882. The second-order valence-corrected chi connectivity index (χ2v) is 6.18. The van der Waals surface area contributed by atoms with Crippen molar-refractivity contribution in [3.8, 4) is 0 Å². The Bertz CT molecular complexity index is 519. The molecule has 1 unspecified atom stereocenters. The van der Waals surface area contributed by atoms with Gasteiger partial charge in [0.15, 0.2) is 0 Å². The number of aryl methyl sites for hydroxylation is 2. The first kappa shape index (κ1) is 12.6. The van der Waals surface area contributed by atoms with E-state index in [4.69, 9.17) is 17.3 Å². The predicted molar refractivity (Wildman–Crippen MR) is 75.9 cm³/mol. The maximum atomic E-state index is 6.25. The first-order valence-electron chi connectivity index (χ1n) is 5.63. The van der Waals surface area contributed by atoms with Gasteiger partial charge in [0.25, 0.3) is 0 Å². The fourth-order valence-corrected chi connectivity index (χ4v) is 3.18. The lowest BCUT2D eigenvalue weighted by Crippen LogP contribution is -2.14. The van der Waals surface area contributed by atoms with Gasteiger partial charge in [0.05, 0.1) is 4.34 Å². The molecule has 17 heavy (non-hydrogen) atoms. The Hall–Kier alpha value is -0.830. The van der Waals surface area contributed by atoms with E-state index in [1.807, 2.05) is 6.07 Å². The molecule has 0 spiro atoms. The third kappa shape index (κ3) is 3.09. The van der Waals surface area contributed by atoms with E-state index in [9.17, 15) is 0 Å². The summed E-state index contributed by atoms with van der Waals surface area (Å²) in [6.07, 6.45) is 0.848. The molecule has 90 valence electrons. The minimum absolute atomic E-state index is 0.0466. The lowest BCUT2D eigenvalue weighted by molar-refractivity contribution is 0.724. The number of thiophene rings is 1. The summed E-state index contributed by atoms with van der Waals surface area (Å²) in [4.78, 5) is 1.24. The van der Waals surface area contributed by atoms with Gasteiger partial charge in [-0.2, -0.15) is 0 Å². The molecule has 0 aliphatic rings. The number of nitrogens with two attached hydrogens (primary N) is 1. The van der Waals surface area contributed by atoms with Gasteiger partial charge in [0.2, 0.25) is 0 Å². The highest BCUT2D eigenvalue weighted by atomic mass is 35.5. The molecular weight excluding hydrogens is 250 g/mol. The average Bonchev–Trinajstić information content (AvgIpc) is 2.63. The van der Waals surface area contributed by atoms with Crippen LogP contribution in [0.5, 0.6) is 0 Å². The Kier molecular flexibility index (Phi) is 3.87. The summed E-state index contributed by atoms with van der Waals surface area (Å²) in [7, 11) is 0. The van der Waals surface area contributed by atoms with Gasteiger partial charge in [0, 0.05) is 17.3 Å². The number of hydrogen-bond acceptors (Lipinski definition) is 2. The minimum Gasteiger partial charge on any atom is -0.324 e. The van der Waals surface area contributed by atoms with Gasteiger partial charge in [0.1, 0.15) is 0 Å². The fourth-order valence-electron chi connectivity index (χ4n) is 2.03. The van der Waals surface area contributed by atoms with Crippen molar-refractivity contribution in [1.29, 1.82) is 0 Å². The highest BCUT2D eigenvalue weighted by Crippen LogP contribution is 2.26. The second kappa shape index (κ2) is 5.21. The Morgan fingerprint density at radius 2 is 2.00 bits per heavy atom. The van der Waals surface area contributed by atoms with Gasteiger partial charge in [-0.15, -0.1) is 11.3 Å². The van der Waals surface area contributed by atoms with Crippen LogP contribution in [0.25, 0.3) is 0 Å². The summed E-state index contributed by atoms with van der Waals surface area (Å²) >= 11 is 7.52. The van der Waals surface area contributed by atoms with Gasteiger partial charge >= 0.3 is 0 Å². The molecule has 0 aliphatic carbocycles. The van der Waals surface area contributed by atoms with Crippen LogP contribution in [0.1, 0.15) is 27.6 Å². The summed E-state index contributed by atoms with van der Waals surface area (Å²) in [5.74, 6) is 0. The van der Waals surface area contributed by atoms with E-state index in [2.05, 4.69) is 38.1 Å². The predicted octanol–water partition coefficient (Wildman–Crippen LogP) is 4.26. The van der Waals surface area contributed by atoms with E-state index in [1.54, 1.807) is 11.3 Å². The van der Waals surface area contributed by atoms with Crippen LogP contribution in [-0.4, -0.2) is 0 Å². The van der Waals surface area contributed by atoms with E-state index in [-0.39, 0.29) is 6.04 Å². The zero-order valence-electron chi connectivity index (χ0n) is 10.0. The number of rotatable bonds is 3. The summed E-state index contributed by atoms with van der Waals surface area (Å²) < 4.78 is 0.827. The van der Waals surface area contributed by atoms with Crippen molar-refractivity contribution in [2.45, 2.75) is 26.3 Å². The third-order valence-electron chi connectivity index (χ3n) is 2.87. The SMILES string of the molecule is Cc1ccc(C(N)Cc2ccc(Cl)s2)c(C)c1. The van der Waals surface area contributed by atoms with Crippen LogP contribution in [0.3, 0.4) is 0 Å². The molecule has 2 aromatic rings. The number of benzene rings is 1. The fraction of sp³-hybridized carbons (Fsp3) is 0.286. The summed E-state index contributed by atoms with van der Waals surface area (Å²) in [6.45, 7) is 4.21. The van der Waals surface area contributed by atoms with Crippen LogP contribution < -0.4 is 5.73 Å². The Balaban J connectivity index is 2.17. The molecule has 1 nitrogen and oxygen atoms in total. The first-order chi connectivity index (χ1) is 8.06. The van der Waals surface area contributed by atoms with Crippen LogP contribution >= 0.6 is 22.9 Å². The largest absolute Gasteiger partial charge is 0.324 e. The van der Waals surface area contributed by atoms with Gasteiger partial charge in [-0.25, -0.2) is 0 Å². The maximum Gasteiger partial charge on any atom is 0.0931 e. The monoisotopic (exact) mass is 265 g/mol. The molecule has 0 saturated heterocycles. The molecule has 0 aliphatic heterocycles. The molecular formula is C14H16ClNS. The zero-order chi connectivity index (χ0) is 12.4. The van der Waals surface area contributed by atoms with E-state index < -0.39 is 0 Å². The van der Waals surface area contributed by atoms with Crippen molar-refractivity contribution in [3.63, 3.8) is 0 Å². The first-order valence-corrected chi connectivity index (χ1v) is 6.82. The molecule has 0 saturated carbocycles. The van der Waals surface area contributed by atoms with Crippen molar-refractivity contribution < 1.29 is 0 Å². The van der Waals surface area contributed by atoms with E-state index in [0.29, 0.717) is 0 Å². The third-order valence-corrected chi connectivity index (χ3v) is 4.13. The maximum absolute atomic E-state index is 6.25. The Morgan fingerprint density at radius 1 is 1.24 bits per heavy atom. The molecule has 0 bridgehead atoms. The molecule has 2 rings (SSSR count). The molecule has 2 N–H and O–H groups in total. The smallest absolute Gasteiger partial charge is 0.0931 e. The Morgan fingerprint density at radius 3 is 2.59 bits per heavy atom. The van der Waals surface area contributed by atoms with Crippen LogP contribution in [0.4, 0.5) is 0 Å². The molecule has 1 atom stereocenters. The average molecular weight is 266 g/mol. The zero-order valence-corrected chi connectivity index (χ0v) is 11.6. The van der Waals surface area contributed by atoms with Crippen molar-refractivity contribution in [1.82, 2.24) is 0 Å². The van der Waals surface area contributed by atoms with Crippen molar-refractivity contribution in [2.75, 3.05) is 0 Å². The van der Waals surface area contributed by atoms with Crippen molar-refractivity contribution >= 4 is 22.9 Å². The molecule has 3 heteroatoms. The van der Waals surface area contributed by atoms with Gasteiger partial charge < -0.3 is 5.73 Å². The lowest BCUT2D eigenvalue weighted by Gasteiger charge is -2.14. The standard InChI is InChI=1S/C14H16ClNS/c1-9-3-5-12(10(2)7-9)13(16)8-11-4-6-14(15)17-11/h3-7,13H,8,16H2,1-2H3. The normalized spacial score (nSPS) is 12.7. The van der Waals surface area contributed by atoms with Gasteiger partial charge in [-0.05, 0) is 37.1 Å². The highest BCUT2D eigenvalue weighted by molar-refractivity contribution is 7.16. The molecule has 1 aromatic heterocycles. The molecule has 0 amide bonds. The van der Waals surface area contributed by atoms with Gasteiger partial charge in [-0.1, -0.05) is 35.4 Å². The lowest BCUT2D eigenvalue weighted by atomic mass is 9.97. The molecule has 1 heterocycles. The van der Waals surface area contributed by atoms with Crippen LogP contribution in [0, 0.1) is 13.8 Å². The summed E-state index contributed by atoms with van der Waals surface area (Å²) in [6, 6.07) is 10.4. The molecule has 0 radical (unpaired) electrons. The van der Waals surface area contributed by atoms with Crippen molar-refractivity contribution in [3.05, 3.63) is 56.2 Å². The van der Waals surface area contributed by atoms with Crippen molar-refractivity contribution in [2.24, 2.45) is 5.73 Å². The van der Waals surface area contributed by atoms with E-state index >= 15 is 0 Å². The highest BCUT2D eigenvalue weighted by Gasteiger charge is 2.11. The second-order valence-electron chi connectivity index (χ2n) is 4.38. The van der Waals surface area contributed by atoms with Crippen LogP contribution in [0.2, 0.25) is 4.34 Å².